The lowest BCUT2D eigenvalue weighted by Crippen LogP contribution is -2.49. The minimum absolute atomic E-state index is 0.118. The van der Waals surface area contributed by atoms with Crippen molar-refractivity contribution < 1.29 is 22.7 Å². The Morgan fingerprint density at radius 2 is 1.97 bits per heavy atom. The van der Waals surface area contributed by atoms with Gasteiger partial charge in [-0.3, -0.25) is 9.59 Å². The minimum Gasteiger partial charge on any atom is -0.381 e. The molecule has 2 amide bonds. The normalized spacial score (nSPS) is 21.3. The number of piperidine rings is 1. The number of hydrogen-bond donors (Lipinski definition) is 2. The fourth-order valence-corrected chi connectivity index (χ4v) is 5.20. The average Bonchev–Trinajstić information content (AvgIpc) is 2.74. The molecule has 2 aliphatic heterocycles. The maximum Gasteiger partial charge on any atom is 0.243 e. The quantitative estimate of drug-likeness (QED) is 0.678. The van der Waals surface area contributed by atoms with Gasteiger partial charge >= 0.3 is 0 Å². The molecule has 1 atom stereocenters. The van der Waals surface area contributed by atoms with Crippen LogP contribution in [0.25, 0.3) is 0 Å². The summed E-state index contributed by atoms with van der Waals surface area (Å²) in [7, 11) is -3.74. The van der Waals surface area contributed by atoms with E-state index in [1.54, 1.807) is 12.1 Å². The molecule has 9 heteroatoms. The number of carbonyl (C=O) groups is 2. The van der Waals surface area contributed by atoms with E-state index in [9.17, 15) is 18.0 Å². The average molecular weight is 422 g/mol. The molecule has 0 radical (unpaired) electrons. The standard InChI is InChI=1S/C20H27N3O5S/c1-2-19(24)21-17-6-4-10-23(14-17)29(26,27)18-7-3-5-16(13-18)22-20(25)15-8-11-28-12-9-15/h2-3,5,7,13,15,17H,1,4,6,8-12,14H2,(H,21,24)(H,22,25)/t17-/m0/s1. The molecular weight excluding hydrogens is 394 g/mol. The SMILES string of the molecule is C=CC(=O)N[C@H]1CCCN(S(=O)(=O)c2cccc(NC(=O)C3CCOCC3)c2)C1. The van der Waals surface area contributed by atoms with Crippen LogP contribution in [0.15, 0.2) is 41.8 Å². The first-order chi connectivity index (χ1) is 13.9. The number of rotatable bonds is 6. The number of carbonyl (C=O) groups excluding carboxylic acids is 2. The van der Waals surface area contributed by atoms with E-state index >= 15 is 0 Å². The Kier molecular flexibility index (Phi) is 7.05. The monoisotopic (exact) mass is 421 g/mol. The van der Waals surface area contributed by atoms with E-state index in [1.165, 1.54) is 22.5 Å². The number of nitrogens with zero attached hydrogens (tertiary/aromatic N) is 1. The van der Waals surface area contributed by atoms with Gasteiger partial charge in [-0.2, -0.15) is 4.31 Å². The third kappa shape index (κ3) is 5.43. The largest absolute Gasteiger partial charge is 0.381 e. The first kappa shape index (κ1) is 21.5. The molecule has 0 bridgehead atoms. The first-order valence-electron chi connectivity index (χ1n) is 9.82. The number of nitrogens with one attached hydrogen (secondary N) is 2. The van der Waals surface area contributed by atoms with Gasteiger partial charge in [-0.15, -0.1) is 0 Å². The number of anilines is 1. The van der Waals surface area contributed by atoms with Crippen molar-refractivity contribution >= 4 is 27.5 Å². The van der Waals surface area contributed by atoms with Crippen LogP contribution in [-0.4, -0.2) is 56.9 Å². The number of hydrogen-bond acceptors (Lipinski definition) is 5. The van der Waals surface area contributed by atoms with Crippen LogP contribution >= 0.6 is 0 Å². The van der Waals surface area contributed by atoms with Crippen molar-refractivity contribution in [2.75, 3.05) is 31.6 Å². The van der Waals surface area contributed by atoms with Gasteiger partial charge in [-0.1, -0.05) is 12.6 Å². The van der Waals surface area contributed by atoms with Crippen molar-refractivity contribution in [3.8, 4) is 0 Å². The fraction of sp³-hybridized carbons (Fsp3) is 0.500. The van der Waals surface area contributed by atoms with E-state index in [2.05, 4.69) is 17.2 Å². The molecule has 0 unspecified atom stereocenters. The van der Waals surface area contributed by atoms with E-state index in [1.807, 2.05) is 0 Å². The van der Waals surface area contributed by atoms with E-state index in [0.717, 1.165) is 0 Å². The molecule has 2 heterocycles. The molecule has 158 valence electrons. The molecule has 2 aliphatic rings. The Morgan fingerprint density at radius 3 is 2.69 bits per heavy atom. The molecule has 3 rings (SSSR count). The zero-order valence-corrected chi connectivity index (χ0v) is 17.1. The number of amides is 2. The van der Waals surface area contributed by atoms with Gasteiger partial charge in [0.25, 0.3) is 0 Å². The zero-order valence-electron chi connectivity index (χ0n) is 16.3. The lowest BCUT2D eigenvalue weighted by atomic mass is 9.99. The van der Waals surface area contributed by atoms with Gasteiger partial charge in [0, 0.05) is 44.0 Å². The molecule has 2 N–H and O–H groups in total. The summed E-state index contributed by atoms with van der Waals surface area (Å²) in [5.41, 5.74) is 0.455. The summed E-state index contributed by atoms with van der Waals surface area (Å²) in [6, 6.07) is 6.05. The van der Waals surface area contributed by atoms with Crippen molar-refractivity contribution in [1.29, 1.82) is 0 Å². The molecule has 8 nitrogen and oxygen atoms in total. The van der Waals surface area contributed by atoms with Gasteiger partial charge in [0.05, 0.1) is 4.90 Å². The predicted molar refractivity (Wildman–Crippen MR) is 109 cm³/mol. The molecule has 0 aliphatic carbocycles. The molecule has 1 aromatic rings. The van der Waals surface area contributed by atoms with E-state index in [-0.39, 0.29) is 35.2 Å². The van der Waals surface area contributed by atoms with Crippen molar-refractivity contribution in [2.24, 2.45) is 5.92 Å². The van der Waals surface area contributed by atoms with Crippen LogP contribution in [0, 0.1) is 5.92 Å². The van der Waals surface area contributed by atoms with Crippen LogP contribution in [0.4, 0.5) is 5.69 Å². The summed E-state index contributed by atoms with van der Waals surface area (Å²) in [6.45, 7) is 5.14. The van der Waals surface area contributed by atoms with Gasteiger partial charge in [0.15, 0.2) is 0 Å². The summed E-state index contributed by atoms with van der Waals surface area (Å²) in [6.07, 6.45) is 3.87. The first-order valence-corrected chi connectivity index (χ1v) is 11.3. The highest BCUT2D eigenvalue weighted by molar-refractivity contribution is 7.89. The maximum absolute atomic E-state index is 13.1. The Bertz CT molecular complexity index is 865. The molecule has 29 heavy (non-hydrogen) atoms. The van der Waals surface area contributed by atoms with E-state index < -0.39 is 10.0 Å². The van der Waals surface area contributed by atoms with Gasteiger partial charge in [-0.25, -0.2) is 8.42 Å². The highest BCUT2D eigenvalue weighted by Gasteiger charge is 2.31. The van der Waals surface area contributed by atoms with Crippen molar-refractivity contribution in [1.82, 2.24) is 9.62 Å². The Labute approximate surface area is 171 Å². The van der Waals surface area contributed by atoms with E-state index in [4.69, 9.17) is 4.74 Å². The summed E-state index contributed by atoms with van der Waals surface area (Å²) < 4.78 is 32.8. The highest BCUT2D eigenvalue weighted by Crippen LogP contribution is 2.24. The second-order valence-electron chi connectivity index (χ2n) is 7.32. The smallest absolute Gasteiger partial charge is 0.243 e. The topological polar surface area (TPSA) is 105 Å². The van der Waals surface area contributed by atoms with Crippen LogP contribution in [0.3, 0.4) is 0 Å². The molecule has 2 fully saturated rings. The van der Waals surface area contributed by atoms with Crippen LogP contribution in [0.5, 0.6) is 0 Å². The highest BCUT2D eigenvalue weighted by atomic mass is 32.2. The second kappa shape index (κ2) is 9.51. The van der Waals surface area contributed by atoms with Crippen LogP contribution in [-0.2, 0) is 24.3 Å². The minimum atomic E-state index is -3.74. The lowest BCUT2D eigenvalue weighted by Gasteiger charge is -2.32. The summed E-state index contributed by atoms with van der Waals surface area (Å²) in [5.74, 6) is -0.555. The third-order valence-electron chi connectivity index (χ3n) is 5.25. The fourth-order valence-electron chi connectivity index (χ4n) is 3.63. The third-order valence-corrected chi connectivity index (χ3v) is 7.11. The van der Waals surface area contributed by atoms with Gasteiger partial charge in [0.1, 0.15) is 0 Å². The Morgan fingerprint density at radius 1 is 1.21 bits per heavy atom. The molecule has 2 saturated heterocycles. The number of sulfonamides is 1. The predicted octanol–water partition coefficient (Wildman–Crippen LogP) is 1.51. The molecular formula is C20H27N3O5S. The molecule has 0 spiro atoms. The van der Waals surface area contributed by atoms with Crippen LogP contribution in [0.1, 0.15) is 25.7 Å². The van der Waals surface area contributed by atoms with Gasteiger partial charge in [0.2, 0.25) is 21.8 Å². The summed E-state index contributed by atoms with van der Waals surface area (Å²) in [4.78, 5) is 24.1. The number of ether oxygens (including phenoxy) is 1. The van der Waals surface area contributed by atoms with Crippen LogP contribution in [0.2, 0.25) is 0 Å². The number of benzene rings is 1. The summed E-state index contributed by atoms with van der Waals surface area (Å²) >= 11 is 0. The Hall–Kier alpha value is -2.23. The lowest BCUT2D eigenvalue weighted by molar-refractivity contribution is -0.122. The zero-order chi connectivity index (χ0) is 20.9. The molecule has 0 saturated carbocycles. The van der Waals surface area contributed by atoms with E-state index in [0.29, 0.717) is 51.1 Å². The summed E-state index contributed by atoms with van der Waals surface area (Å²) in [5, 5.41) is 5.59. The second-order valence-corrected chi connectivity index (χ2v) is 9.26. The molecule has 1 aromatic carbocycles. The van der Waals surface area contributed by atoms with Crippen molar-refractivity contribution in [2.45, 2.75) is 36.6 Å². The van der Waals surface area contributed by atoms with Gasteiger partial charge < -0.3 is 15.4 Å². The van der Waals surface area contributed by atoms with Gasteiger partial charge in [-0.05, 0) is 50.0 Å². The Balaban J connectivity index is 1.70. The van der Waals surface area contributed by atoms with Crippen molar-refractivity contribution in [3.63, 3.8) is 0 Å². The van der Waals surface area contributed by atoms with Crippen LogP contribution < -0.4 is 10.6 Å². The van der Waals surface area contributed by atoms with Crippen molar-refractivity contribution in [3.05, 3.63) is 36.9 Å². The maximum atomic E-state index is 13.1. The molecule has 0 aromatic heterocycles.